The summed E-state index contributed by atoms with van der Waals surface area (Å²) in [5, 5.41) is 0. The van der Waals surface area contributed by atoms with E-state index >= 15 is 0 Å². The molecule has 0 radical (unpaired) electrons. The number of rotatable bonds is 11. The fourth-order valence-corrected chi connectivity index (χ4v) is 9.08. The number of aromatic nitrogens is 1. The van der Waals surface area contributed by atoms with Gasteiger partial charge >= 0.3 is 0 Å². The Kier molecular flexibility index (Phi) is 12.7. The summed E-state index contributed by atoms with van der Waals surface area (Å²) in [7, 11) is 0. The van der Waals surface area contributed by atoms with E-state index in [9.17, 15) is 0 Å². The van der Waals surface area contributed by atoms with Crippen LogP contribution in [0.3, 0.4) is 0 Å². The summed E-state index contributed by atoms with van der Waals surface area (Å²) < 4.78 is 2.50. The second kappa shape index (κ2) is 19.0. The molecule has 3 heteroatoms. The van der Waals surface area contributed by atoms with Gasteiger partial charge in [0.1, 0.15) is 0 Å². The van der Waals surface area contributed by atoms with Gasteiger partial charge in [0, 0.05) is 63.4 Å². The predicted molar refractivity (Wildman–Crippen MR) is 272 cm³/mol. The molecule has 0 fully saturated rings. The zero-order chi connectivity index (χ0) is 43.9. The van der Waals surface area contributed by atoms with Crippen LogP contribution in [-0.2, 0) is 6.42 Å². The first-order valence-corrected chi connectivity index (χ1v) is 21.8. The summed E-state index contributed by atoms with van der Waals surface area (Å²) in [6.07, 6.45) is 17.0. The molecule has 7 aromatic rings. The summed E-state index contributed by atoms with van der Waals surface area (Å²) in [6, 6.07) is 57.4. The van der Waals surface area contributed by atoms with Gasteiger partial charge in [-0.05, 0) is 133 Å². The minimum atomic E-state index is 0.212. The van der Waals surface area contributed by atoms with Crippen molar-refractivity contribution in [2.24, 2.45) is 0 Å². The maximum atomic E-state index is 3.91. The van der Waals surface area contributed by atoms with E-state index in [-0.39, 0.29) is 5.92 Å². The molecule has 1 unspecified atom stereocenters. The molecule has 9 rings (SSSR count). The number of allylic oxidation sites excluding steroid dienone is 10. The van der Waals surface area contributed by atoms with Gasteiger partial charge in [0.25, 0.3) is 0 Å². The third kappa shape index (κ3) is 8.26. The molecule has 0 saturated heterocycles. The fourth-order valence-electron chi connectivity index (χ4n) is 9.08. The van der Waals surface area contributed by atoms with Crippen LogP contribution in [0.15, 0.2) is 231 Å². The van der Waals surface area contributed by atoms with Gasteiger partial charge in [-0.1, -0.05) is 159 Å². The Balaban J connectivity index is 0.00000131. The summed E-state index contributed by atoms with van der Waals surface area (Å²) >= 11 is 0. The van der Waals surface area contributed by atoms with E-state index in [4.69, 9.17) is 0 Å². The van der Waals surface area contributed by atoms with Crippen molar-refractivity contribution >= 4 is 34.4 Å². The van der Waals surface area contributed by atoms with Crippen molar-refractivity contribution in [3.63, 3.8) is 0 Å². The molecule has 1 atom stereocenters. The minimum Gasteiger partial charge on any atom is -0.315 e. The summed E-state index contributed by atoms with van der Waals surface area (Å²) in [4.78, 5) is 4.95. The number of para-hydroxylation sites is 3. The molecular formula is C60H55N3. The van der Waals surface area contributed by atoms with Crippen LogP contribution in [0.5, 0.6) is 0 Å². The first kappa shape index (κ1) is 42.1. The second-order valence-corrected chi connectivity index (χ2v) is 15.8. The Bertz CT molecular complexity index is 2880. The van der Waals surface area contributed by atoms with Gasteiger partial charge in [-0.2, -0.15) is 0 Å². The van der Waals surface area contributed by atoms with Crippen LogP contribution in [0, 0.1) is 6.92 Å². The average Bonchev–Trinajstić information content (AvgIpc) is 3.81. The molecule has 63 heavy (non-hydrogen) atoms. The van der Waals surface area contributed by atoms with Crippen molar-refractivity contribution in [3.05, 3.63) is 259 Å². The first-order chi connectivity index (χ1) is 30.9. The molecular weight excluding hydrogens is 763 g/mol. The average molecular weight is 818 g/mol. The molecule has 0 spiro atoms. The van der Waals surface area contributed by atoms with Crippen molar-refractivity contribution in [1.29, 1.82) is 0 Å². The van der Waals surface area contributed by atoms with Crippen LogP contribution in [-0.4, -0.2) is 4.57 Å². The monoisotopic (exact) mass is 817 g/mol. The highest BCUT2D eigenvalue weighted by Crippen LogP contribution is 2.55. The Hall–Kier alpha value is -7.62. The van der Waals surface area contributed by atoms with Crippen LogP contribution in [0.1, 0.15) is 54.8 Å². The maximum absolute atomic E-state index is 3.91. The minimum absolute atomic E-state index is 0.212. The van der Waals surface area contributed by atoms with Crippen LogP contribution < -0.4 is 9.80 Å². The molecule has 3 nitrogen and oxygen atoms in total. The summed E-state index contributed by atoms with van der Waals surface area (Å²) in [6.45, 7) is 19.4. The number of hydrogen-bond acceptors (Lipinski definition) is 2. The molecule has 0 N–H and O–H groups in total. The summed E-state index contributed by atoms with van der Waals surface area (Å²) in [5.74, 6) is 0.212. The Morgan fingerprint density at radius 3 is 1.86 bits per heavy atom. The van der Waals surface area contributed by atoms with E-state index < -0.39 is 0 Å². The Morgan fingerprint density at radius 1 is 0.635 bits per heavy atom. The van der Waals surface area contributed by atoms with Crippen LogP contribution in [0.25, 0.3) is 39.6 Å². The first-order valence-electron chi connectivity index (χ1n) is 21.8. The largest absolute Gasteiger partial charge is 0.315 e. The van der Waals surface area contributed by atoms with Crippen LogP contribution >= 0.6 is 0 Å². The zero-order valence-corrected chi connectivity index (χ0v) is 36.9. The van der Waals surface area contributed by atoms with E-state index in [1.165, 1.54) is 78.8 Å². The fraction of sp³-hybridized carbons (Fsp3) is 0.100. The molecule has 1 aliphatic heterocycles. The molecule has 1 aromatic heterocycles. The lowest BCUT2D eigenvalue weighted by molar-refractivity contribution is 0.751. The standard InChI is InChI=1S/C56H49N3.C4H6/c1-6-9-21-41(8-3)44-34-45(42-22-13-10-14-23-42)36-46(35-44)43-30-32-49(33-31-43)59-53-29-20-19-28-50(53)51-37-55-52(38-54(51)59)56(40(5)58(55)48-26-17-12-18-27-48)57(39(4)7-2)47-24-15-11-16-25-47;1-3-4-2/h6-36,38,51H,1,37H2,2-5H3;3-4H,1-2H2/b21-9-,39-7+,41-8+;. The SMILES string of the molecule is C=C/C=C\C(=C/C)c1cc(-c2ccccc2)cc(-c2ccc(N3C4=Cc5c(N(/C(C)=C/C)c6ccccc6)c(C)n(-c6ccccc6)c5CC4c4ccccc43)cc2)c1.C=CC=C. The maximum Gasteiger partial charge on any atom is 0.0745 e. The third-order valence-electron chi connectivity index (χ3n) is 12.1. The zero-order valence-electron chi connectivity index (χ0n) is 36.9. The van der Waals surface area contributed by atoms with Gasteiger partial charge in [-0.15, -0.1) is 0 Å². The molecule has 1 aliphatic carbocycles. The van der Waals surface area contributed by atoms with E-state index in [1.807, 2.05) is 12.2 Å². The summed E-state index contributed by atoms with van der Waals surface area (Å²) in [5.41, 5.74) is 20.8. The number of nitrogens with zero attached hydrogens (tertiary/aromatic N) is 3. The van der Waals surface area contributed by atoms with E-state index in [0.717, 1.165) is 23.4 Å². The molecule has 0 bridgehead atoms. The topological polar surface area (TPSA) is 11.4 Å². The van der Waals surface area contributed by atoms with Gasteiger partial charge in [0.15, 0.2) is 0 Å². The van der Waals surface area contributed by atoms with Gasteiger partial charge in [0.2, 0.25) is 0 Å². The number of benzene rings is 6. The second-order valence-electron chi connectivity index (χ2n) is 15.8. The van der Waals surface area contributed by atoms with Crippen molar-refractivity contribution < 1.29 is 0 Å². The van der Waals surface area contributed by atoms with Gasteiger partial charge < -0.3 is 14.4 Å². The molecule has 310 valence electrons. The lowest BCUT2D eigenvalue weighted by atomic mass is 9.87. The van der Waals surface area contributed by atoms with E-state index in [2.05, 4.69) is 244 Å². The molecule has 6 aromatic carbocycles. The number of hydrogen-bond donors (Lipinski definition) is 0. The quantitative estimate of drug-likeness (QED) is 0.121. The molecule has 0 amide bonds. The van der Waals surface area contributed by atoms with Crippen molar-refractivity contribution in [1.82, 2.24) is 4.57 Å². The Morgan fingerprint density at radius 2 is 1.24 bits per heavy atom. The predicted octanol–water partition coefficient (Wildman–Crippen LogP) is 16.5. The molecule has 0 saturated carbocycles. The highest BCUT2D eigenvalue weighted by atomic mass is 15.2. The molecule has 2 heterocycles. The van der Waals surface area contributed by atoms with E-state index in [1.54, 1.807) is 12.2 Å². The lowest BCUT2D eigenvalue weighted by Gasteiger charge is -2.30. The smallest absolute Gasteiger partial charge is 0.0745 e. The Labute approximate surface area is 374 Å². The normalized spacial score (nSPS) is 14.2. The number of anilines is 4. The van der Waals surface area contributed by atoms with Crippen molar-refractivity contribution in [2.75, 3.05) is 9.80 Å². The molecule has 2 aliphatic rings. The van der Waals surface area contributed by atoms with Crippen LogP contribution in [0.2, 0.25) is 0 Å². The van der Waals surface area contributed by atoms with Gasteiger partial charge in [0.05, 0.1) is 5.69 Å². The lowest BCUT2D eigenvalue weighted by Crippen LogP contribution is -2.20. The van der Waals surface area contributed by atoms with Crippen LogP contribution in [0.4, 0.5) is 22.7 Å². The van der Waals surface area contributed by atoms with Gasteiger partial charge in [-0.25, -0.2) is 0 Å². The van der Waals surface area contributed by atoms with E-state index in [0.29, 0.717) is 0 Å². The van der Waals surface area contributed by atoms with Crippen molar-refractivity contribution in [3.8, 4) is 27.9 Å². The highest BCUT2D eigenvalue weighted by molar-refractivity contribution is 5.90. The number of fused-ring (bicyclic) bond motifs is 4. The van der Waals surface area contributed by atoms with Crippen molar-refractivity contribution in [2.45, 2.75) is 40.0 Å². The third-order valence-corrected chi connectivity index (χ3v) is 12.1. The highest BCUT2D eigenvalue weighted by Gasteiger charge is 2.40. The van der Waals surface area contributed by atoms with Gasteiger partial charge in [-0.3, -0.25) is 0 Å².